The number of hydrogen-bond acceptors (Lipinski definition) is 3. The highest BCUT2D eigenvalue weighted by Crippen LogP contribution is 2.38. The van der Waals surface area contributed by atoms with Gasteiger partial charge in [-0.05, 0) is 44.1 Å². The molecule has 0 spiro atoms. The molecule has 106 valence electrons. The first-order chi connectivity index (χ1) is 8.42. The summed E-state index contributed by atoms with van der Waals surface area (Å²) in [5.41, 5.74) is -0.460. The minimum atomic E-state index is -0.460. The molecule has 1 aliphatic rings. The summed E-state index contributed by atoms with van der Waals surface area (Å²) >= 11 is 0. The van der Waals surface area contributed by atoms with Crippen LogP contribution in [0.25, 0.3) is 0 Å². The van der Waals surface area contributed by atoms with Gasteiger partial charge in [-0.1, -0.05) is 34.1 Å². The summed E-state index contributed by atoms with van der Waals surface area (Å²) in [6.45, 7) is 12.0. The Balaban J connectivity index is 2.87. The molecule has 0 aromatic heterocycles. The van der Waals surface area contributed by atoms with Gasteiger partial charge in [-0.15, -0.1) is 0 Å². The lowest BCUT2D eigenvalue weighted by molar-refractivity contribution is -0.156. The number of esters is 1. The normalized spacial score (nSPS) is 32.6. The smallest absolute Gasteiger partial charge is 0.326 e. The number of carbonyl (C=O) groups is 1. The highest BCUT2D eigenvalue weighted by Gasteiger charge is 2.47. The van der Waals surface area contributed by atoms with E-state index in [4.69, 9.17) is 4.74 Å². The van der Waals surface area contributed by atoms with Crippen molar-refractivity contribution in [3.05, 3.63) is 0 Å². The Morgan fingerprint density at radius 1 is 1.39 bits per heavy atom. The third-order valence-corrected chi connectivity index (χ3v) is 4.07. The molecule has 0 bridgehead atoms. The van der Waals surface area contributed by atoms with Gasteiger partial charge in [0, 0.05) is 0 Å². The van der Waals surface area contributed by atoms with E-state index >= 15 is 0 Å². The average molecular weight is 255 g/mol. The Morgan fingerprint density at radius 2 is 2.06 bits per heavy atom. The molecule has 18 heavy (non-hydrogen) atoms. The van der Waals surface area contributed by atoms with E-state index in [1.807, 2.05) is 6.92 Å². The summed E-state index contributed by atoms with van der Waals surface area (Å²) in [4.78, 5) is 12.4. The van der Waals surface area contributed by atoms with Crippen molar-refractivity contribution >= 4 is 5.97 Å². The molecule has 0 aromatic rings. The molecule has 0 aromatic carbocycles. The van der Waals surface area contributed by atoms with Crippen molar-refractivity contribution in [1.82, 2.24) is 5.32 Å². The van der Waals surface area contributed by atoms with Gasteiger partial charge in [-0.2, -0.15) is 0 Å². The Hall–Kier alpha value is -0.570. The fraction of sp³-hybridized carbons (Fsp3) is 0.933. The van der Waals surface area contributed by atoms with Crippen LogP contribution in [0.5, 0.6) is 0 Å². The first-order valence-corrected chi connectivity index (χ1v) is 7.34. The summed E-state index contributed by atoms with van der Waals surface area (Å²) in [5, 5.41) is 3.52. The summed E-state index contributed by atoms with van der Waals surface area (Å²) < 4.78 is 5.33. The predicted octanol–water partition coefficient (Wildman–Crippen LogP) is 2.99. The molecule has 1 rings (SSSR count). The van der Waals surface area contributed by atoms with E-state index in [1.54, 1.807) is 0 Å². The van der Waals surface area contributed by atoms with Gasteiger partial charge in [0.2, 0.25) is 0 Å². The zero-order valence-corrected chi connectivity index (χ0v) is 12.6. The van der Waals surface area contributed by atoms with Gasteiger partial charge in [0.25, 0.3) is 0 Å². The molecule has 3 nitrogen and oxygen atoms in total. The monoisotopic (exact) mass is 255 g/mol. The summed E-state index contributed by atoms with van der Waals surface area (Å²) in [5.74, 6) is 1.43. The standard InChI is InChI=1S/C15H29NO2/c1-6-18-14(17)15(16-10-11(2)3)9-12(4)7-8-13(15)5/h11-13,16H,6-10H2,1-5H3. The van der Waals surface area contributed by atoms with E-state index in [0.29, 0.717) is 24.4 Å². The maximum atomic E-state index is 12.4. The highest BCUT2D eigenvalue weighted by molar-refractivity contribution is 5.81. The lowest BCUT2D eigenvalue weighted by Gasteiger charge is -2.44. The maximum absolute atomic E-state index is 12.4. The number of carbonyl (C=O) groups excluding carboxylic acids is 1. The van der Waals surface area contributed by atoms with E-state index in [-0.39, 0.29) is 5.97 Å². The van der Waals surface area contributed by atoms with Crippen LogP contribution in [-0.4, -0.2) is 24.7 Å². The average Bonchev–Trinajstić information content (AvgIpc) is 2.30. The van der Waals surface area contributed by atoms with Gasteiger partial charge in [0.05, 0.1) is 6.61 Å². The zero-order valence-electron chi connectivity index (χ0n) is 12.6. The van der Waals surface area contributed by atoms with Gasteiger partial charge in [-0.25, -0.2) is 0 Å². The molecular formula is C15H29NO2. The maximum Gasteiger partial charge on any atom is 0.326 e. The quantitative estimate of drug-likeness (QED) is 0.768. The molecule has 3 atom stereocenters. The van der Waals surface area contributed by atoms with Crippen LogP contribution in [0.2, 0.25) is 0 Å². The van der Waals surface area contributed by atoms with E-state index in [2.05, 4.69) is 33.0 Å². The third-order valence-electron chi connectivity index (χ3n) is 4.07. The minimum absolute atomic E-state index is 0.0512. The molecule has 0 aliphatic heterocycles. The first kappa shape index (κ1) is 15.5. The molecule has 1 N–H and O–H groups in total. The van der Waals surface area contributed by atoms with Crippen LogP contribution in [0.4, 0.5) is 0 Å². The topological polar surface area (TPSA) is 38.3 Å². The lowest BCUT2D eigenvalue weighted by atomic mass is 9.69. The molecule has 0 saturated heterocycles. The molecular weight excluding hydrogens is 226 g/mol. The molecule has 3 unspecified atom stereocenters. The fourth-order valence-electron chi connectivity index (χ4n) is 2.88. The molecule has 0 amide bonds. The Labute approximate surface area is 112 Å². The van der Waals surface area contributed by atoms with Gasteiger partial charge in [-0.3, -0.25) is 4.79 Å². The van der Waals surface area contributed by atoms with Crippen molar-refractivity contribution < 1.29 is 9.53 Å². The molecule has 1 saturated carbocycles. The van der Waals surface area contributed by atoms with Gasteiger partial charge in [0.1, 0.15) is 5.54 Å². The second-order valence-electron chi connectivity index (χ2n) is 6.25. The van der Waals surface area contributed by atoms with Crippen molar-refractivity contribution in [3.63, 3.8) is 0 Å². The van der Waals surface area contributed by atoms with Crippen LogP contribution in [0.3, 0.4) is 0 Å². The van der Waals surface area contributed by atoms with E-state index in [1.165, 1.54) is 6.42 Å². The number of hydrogen-bond donors (Lipinski definition) is 1. The van der Waals surface area contributed by atoms with Gasteiger partial charge in [0.15, 0.2) is 0 Å². The van der Waals surface area contributed by atoms with Crippen molar-refractivity contribution in [2.75, 3.05) is 13.2 Å². The largest absolute Gasteiger partial charge is 0.465 e. The van der Waals surface area contributed by atoms with Crippen LogP contribution in [0.1, 0.15) is 53.9 Å². The Kier molecular flexibility index (Phi) is 5.64. The zero-order chi connectivity index (χ0) is 13.8. The van der Waals surface area contributed by atoms with Gasteiger partial charge < -0.3 is 10.1 Å². The van der Waals surface area contributed by atoms with Crippen LogP contribution >= 0.6 is 0 Å². The van der Waals surface area contributed by atoms with Crippen molar-refractivity contribution in [2.24, 2.45) is 17.8 Å². The lowest BCUT2D eigenvalue weighted by Crippen LogP contribution is -2.60. The molecule has 0 radical (unpaired) electrons. The SMILES string of the molecule is CCOC(=O)C1(NCC(C)C)CC(C)CCC1C. The van der Waals surface area contributed by atoms with E-state index < -0.39 is 5.54 Å². The Bertz CT molecular complexity index is 278. The summed E-state index contributed by atoms with van der Waals surface area (Å²) in [6, 6.07) is 0. The number of ether oxygens (including phenoxy) is 1. The highest BCUT2D eigenvalue weighted by atomic mass is 16.5. The second-order valence-corrected chi connectivity index (χ2v) is 6.25. The number of nitrogens with one attached hydrogen (secondary N) is 1. The predicted molar refractivity (Wildman–Crippen MR) is 74.4 cm³/mol. The molecule has 3 heteroatoms. The van der Waals surface area contributed by atoms with Crippen LogP contribution in [-0.2, 0) is 9.53 Å². The van der Waals surface area contributed by atoms with Crippen molar-refractivity contribution in [1.29, 1.82) is 0 Å². The molecule has 0 heterocycles. The summed E-state index contributed by atoms with van der Waals surface area (Å²) in [6.07, 6.45) is 3.22. The van der Waals surface area contributed by atoms with E-state index in [9.17, 15) is 4.79 Å². The van der Waals surface area contributed by atoms with E-state index in [0.717, 1.165) is 19.4 Å². The van der Waals surface area contributed by atoms with Crippen molar-refractivity contribution in [3.8, 4) is 0 Å². The molecule has 1 fully saturated rings. The van der Waals surface area contributed by atoms with Crippen molar-refractivity contribution in [2.45, 2.75) is 59.4 Å². The third kappa shape index (κ3) is 3.47. The first-order valence-electron chi connectivity index (χ1n) is 7.34. The molecule has 1 aliphatic carbocycles. The summed E-state index contributed by atoms with van der Waals surface area (Å²) in [7, 11) is 0. The van der Waals surface area contributed by atoms with Crippen LogP contribution in [0.15, 0.2) is 0 Å². The second kappa shape index (κ2) is 6.55. The van der Waals surface area contributed by atoms with Gasteiger partial charge >= 0.3 is 5.97 Å². The Morgan fingerprint density at radius 3 is 2.61 bits per heavy atom. The van der Waals surface area contributed by atoms with Crippen LogP contribution < -0.4 is 5.32 Å². The van der Waals surface area contributed by atoms with Crippen LogP contribution in [0, 0.1) is 17.8 Å². The fourth-order valence-corrected chi connectivity index (χ4v) is 2.88. The minimum Gasteiger partial charge on any atom is -0.465 e. The number of rotatable bonds is 5.